The van der Waals surface area contributed by atoms with E-state index in [4.69, 9.17) is 0 Å². The molecule has 0 atom stereocenters. The highest BCUT2D eigenvalue weighted by molar-refractivity contribution is 7.88. The Morgan fingerprint density at radius 2 is 1.96 bits per heavy atom. The van der Waals surface area contributed by atoms with Gasteiger partial charge in [-0.05, 0) is 43.4 Å². The number of rotatable bonds is 6. The third kappa shape index (κ3) is 5.28. The van der Waals surface area contributed by atoms with Crippen LogP contribution < -0.4 is 9.62 Å². The number of hydrogen-bond acceptors (Lipinski definition) is 4. The molecule has 0 unspecified atom stereocenters. The number of sulfonamides is 1. The Bertz CT molecular complexity index is 785. The Morgan fingerprint density at radius 3 is 2.64 bits per heavy atom. The molecule has 1 aliphatic rings. The van der Waals surface area contributed by atoms with Crippen LogP contribution in [0.1, 0.15) is 24.0 Å². The van der Waals surface area contributed by atoms with E-state index in [9.17, 15) is 8.42 Å². The van der Waals surface area contributed by atoms with E-state index in [2.05, 4.69) is 14.6 Å². The van der Waals surface area contributed by atoms with Crippen LogP contribution >= 0.6 is 0 Å². The van der Waals surface area contributed by atoms with Crippen LogP contribution in [0.5, 0.6) is 0 Å². The van der Waals surface area contributed by atoms with Gasteiger partial charge < -0.3 is 4.90 Å². The second kappa shape index (κ2) is 7.97. The summed E-state index contributed by atoms with van der Waals surface area (Å²) in [5.74, 6) is 1.43. The molecule has 0 saturated carbocycles. The number of aryl methyl sites for hydroxylation is 1. The maximum absolute atomic E-state index is 12.3. The minimum absolute atomic E-state index is 0.0431. The van der Waals surface area contributed by atoms with E-state index in [1.165, 1.54) is 0 Å². The SMILES string of the molecule is Cc1cccc(CS(=O)(=O)NCC2CCN(c3ccccn3)CC2)c1. The first kappa shape index (κ1) is 17.9. The predicted molar refractivity (Wildman–Crippen MR) is 101 cm³/mol. The normalized spacial score (nSPS) is 16.1. The lowest BCUT2D eigenvalue weighted by molar-refractivity contribution is 0.400. The first-order valence-corrected chi connectivity index (χ1v) is 10.4. The average molecular weight is 359 g/mol. The molecule has 1 N–H and O–H groups in total. The molecule has 1 fully saturated rings. The largest absolute Gasteiger partial charge is 0.357 e. The topological polar surface area (TPSA) is 62.3 Å². The van der Waals surface area contributed by atoms with Crippen LogP contribution in [0.3, 0.4) is 0 Å². The summed E-state index contributed by atoms with van der Waals surface area (Å²) < 4.78 is 27.4. The molecule has 1 aromatic carbocycles. The summed E-state index contributed by atoms with van der Waals surface area (Å²) in [5.41, 5.74) is 1.91. The van der Waals surface area contributed by atoms with E-state index >= 15 is 0 Å². The second-order valence-electron chi connectivity index (χ2n) is 6.71. The summed E-state index contributed by atoms with van der Waals surface area (Å²) >= 11 is 0. The highest BCUT2D eigenvalue weighted by atomic mass is 32.2. The van der Waals surface area contributed by atoms with Crippen LogP contribution in [-0.2, 0) is 15.8 Å². The van der Waals surface area contributed by atoms with Crippen molar-refractivity contribution in [2.75, 3.05) is 24.5 Å². The Hall–Kier alpha value is -1.92. The number of nitrogens with zero attached hydrogens (tertiary/aromatic N) is 2. The number of hydrogen-bond donors (Lipinski definition) is 1. The summed E-state index contributed by atoms with van der Waals surface area (Å²) in [6, 6.07) is 13.6. The molecule has 5 nitrogen and oxygen atoms in total. The predicted octanol–water partition coefficient (Wildman–Crippen LogP) is 2.73. The van der Waals surface area contributed by atoms with Gasteiger partial charge in [-0.15, -0.1) is 0 Å². The van der Waals surface area contributed by atoms with E-state index in [0.717, 1.165) is 42.9 Å². The van der Waals surface area contributed by atoms with Crippen molar-refractivity contribution in [1.82, 2.24) is 9.71 Å². The Morgan fingerprint density at radius 1 is 1.16 bits per heavy atom. The van der Waals surface area contributed by atoms with Gasteiger partial charge in [-0.2, -0.15) is 0 Å². The van der Waals surface area contributed by atoms with E-state index in [-0.39, 0.29) is 5.75 Å². The number of anilines is 1. The van der Waals surface area contributed by atoms with Crippen molar-refractivity contribution >= 4 is 15.8 Å². The molecule has 0 spiro atoms. The minimum atomic E-state index is -3.29. The molecule has 2 aromatic rings. The van der Waals surface area contributed by atoms with Gasteiger partial charge in [0.15, 0.2) is 0 Å². The van der Waals surface area contributed by atoms with E-state index in [1.807, 2.05) is 49.4 Å². The van der Waals surface area contributed by atoms with E-state index < -0.39 is 10.0 Å². The lowest BCUT2D eigenvalue weighted by Crippen LogP contribution is -2.39. The van der Waals surface area contributed by atoms with Crippen molar-refractivity contribution < 1.29 is 8.42 Å². The number of nitrogens with one attached hydrogen (secondary N) is 1. The number of benzene rings is 1. The lowest BCUT2D eigenvalue weighted by atomic mass is 9.97. The molecule has 0 radical (unpaired) electrons. The molecule has 2 heterocycles. The van der Waals surface area contributed by atoms with Crippen molar-refractivity contribution in [3.8, 4) is 0 Å². The van der Waals surface area contributed by atoms with Gasteiger partial charge in [0.2, 0.25) is 10.0 Å². The average Bonchev–Trinajstić information content (AvgIpc) is 2.61. The monoisotopic (exact) mass is 359 g/mol. The molecular weight excluding hydrogens is 334 g/mol. The smallest absolute Gasteiger partial charge is 0.215 e. The van der Waals surface area contributed by atoms with Gasteiger partial charge in [0.25, 0.3) is 0 Å². The molecule has 0 amide bonds. The maximum atomic E-state index is 12.3. The first-order chi connectivity index (χ1) is 12.0. The van der Waals surface area contributed by atoms with Crippen LogP contribution in [0.4, 0.5) is 5.82 Å². The quantitative estimate of drug-likeness (QED) is 0.861. The Kier molecular flexibility index (Phi) is 5.71. The molecule has 3 rings (SSSR count). The van der Waals surface area contributed by atoms with Gasteiger partial charge in [0, 0.05) is 25.8 Å². The van der Waals surface area contributed by atoms with Crippen LogP contribution in [0.25, 0.3) is 0 Å². The van der Waals surface area contributed by atoms with Crippen molar-refractivity contribution in [3.63, 3.8) is 0 Å². The molecular formula is C19H25N3O2S. The zero-order valence-electron chi connectivity index (χ0n) is 14.6. The number of piperidine rings is 1. The van der Waals surface area contributed by atoms with Crippen LogP contribution in [0.15, 0.2) is 48.7 Å². The van der Waals surface area contributed by atoms with Crippen LogP contribution in [-0.4, -0.2) is 33.0 Å². The third-order valence-corrected chi connectivity index (χ3v) is 5.94. The van der Waals surface area contributed by atoms with E-state index in [0.29, 0.717) is 12.5 Å². The highest BCUT2D eigenvalue weighted by Gasteiger charge is 2.22. The van der Waals surface area contributed by atoms with Crippen molar-refractivity contribution in [2.24, 2.45) is 5.92 Å². The zero-order chi connectivity index (χ0) is 17.7. The Balaban J connectivity index is 1.47. The van der Waals surface area contributed by atoms with Gasteiger partial charge in [0.1, 0.15) is 5.82 Å². The highest BCUT2D eigenvalue weighted by Crippen LogP contribution is 2.21. The molecule has 25 heavy (non-hydrogen) atoms. The van der Waals surface area contributed by atoms with Crippen molar-refractivity contribution in [3.05, 3.63) is 59.8 Å². The van der Waals surface area contributed by atoms with Crippen molar-refractivity contribution in [2.45, 2.75) is 25.5 Å². The zero-order valence-corrected chi connectivity index (χ0v) is 15.4. The fraction of sp³-hybridized carbons (Fsp3) is 0.421. The standard InChI is InChI=1S/C19H25N3O2S/c1-16-5-4-6-18(13-16)15-25(23,24)21-14-17-8-11-22(12-9-17)19-7-2-3-10-20-19/h2-7,10,13,17,21H,8-9,11-12,14-15H2,1H3. The minimum Gasteiger partial charge on any atom is -0.357 e. The molecule has 0 bridgehead atoms. The molecule has 0 aliphatic carbocycles. The molecule has 6 heteroatoms. The van der Waals surface area contributed by atoms with Crippen LogP contribution in [0, 0.1) is 12.8 Å². The van der Waals surface area contributed by atoms with Gasteiger partial charge in [-0.1, -0.05) is 35.9 Å². The molecule has 1 saturated heterocycles. The summed E-state index contributed by atoms with van der Waals surface area (Å²) in [6.45, 7) is 4.33. The fourth-order valence-corrected chi connectivity index (χ4v) is 4.43. The van der Waals surface area contributed by atoms with Gasteiger partial charge in [-0.3, -0.25) is 0 Å². The summed E-state index contributed by atoms with van der Waals surface area (Å²) in [5, 5.41) is 0. The Labute approximate surface area is 150 Å². The number of aromatic nitrogens is 1. The number of pyridine rings is 1. The third-order valence-electron chi connectivity index (χ3n) is 4.62. The van der Waals surface area contributed by atoms with Gasteiger partial charge in [0.05, 0.1) is 5.75 Å². The molecule has 1 aliphatic heterocycles. The molecule has 134 valence electrons. The molecule has 1 aromatic heterocycles. The fourth-order valence-electron chi connectivity index (χ4n) is 3.22. The van der Waals surface area contributed by atoms with E-state index in [1.54, 1.807) is 6.20 Å². The van der Waals surface area contributed by atoms with Crippen molar-refractivity contribution in [1.29, 1.82) is 0 Å². The summed E-state index contributed by atoms with van der Waals surface area (Å²) in [6.07, 6.45) is 3.76. The second-order valence-corrected chi connectivity index (χ2v) is 8.52. The van der Waals surface area contributed by atoms with Gasteiger partial charge in [-0.25, -0.2) is 18.1 Å². The summed E-state index contributed by atoms with van der Waals surface area (Å²) in [4.78, 5) is 6.64. The first-order valence-electron chi connectivity index (χ1n) is 8.71. The summed E-state index contributed by atoms with van der Waals surface area (Å²) in [7, 11) is -3.29. The van der Waals surface area contributed by atoms with Gasteiger partial charge >= 0.3 is 0 Å². The maximum Gasteiger partial charge on any atom is 0.215 e. The lowest BCUT2D eigenvalue weighted by Gasteiger charge is -2.32. The van der Waals surface area contributed by atoms with Crippen LogP contribution in [0.2, 0.25) is 0 Å².